The first-order chi connectivity index (χ1) is 7.72. The molecular weight excluding hydrogens is 198 g/mol. The average Bonchev–Trinajstić information content (AvgIpc) is 2.29. The number of carbonyl (C=O) groups excluding carboxylic acids is 1. The van der Waals surface area contributed by atoms with Crippen molar-refractivity contribution < 1.29 is 4.79 Å². The van der Waals surface area contributed by atoms with Crippen molar-refractivity contribution in [3.05, 3.63) is 29.3 Å². The summed E-state index contributed by atoms with van der Waals surface area (Å²) in [4.78, 5) is 13.8. The molecule has 0 radical (unpaired) electrons. The van der Waals surface area contributed by atoms with Crippen LogP contribution in [-0.2, 0) is 6.42 Å². The van der Waals surface area contributed by atoms with E-state index in [0.717, 1.165) is 25.1 Å². The number of carbonyl (C=O) groups is 1. The summed E-state index contributed by atoms with van der Waals surface area (Å²) < 4.78 is 0. The Morgan fingerprint density at radius 3 is 2.94 bits per heavy atom. The van der Waals surface area contributed by atoms with Crippen molar-refractivity contribution >= 4 is 11.5 Å². The molecule has 2 heteroatoms. The molecule has 0 saturated heterocycles. The van der Waals surface area contributed by atoms with Crippen LogP contribution in [0.15, 0.2) is 18.2 Å². The SMILES string of the molecule is CCCN1CCCc2cc(C(C)=O)ccc21. The van der Waals surface area contributed by atoms with Crippen molar-refractivity contribution in [2.24, 2.45) is 0 Å². The van der Waals surface area contributed by atoms with E-state index in [1.807, 2.05) is 6.07 Å². The third-order valence-electron chi connectivity index (χ3n) is 3.19. The number of aryl methyl sites for hydroxylation is 1. The molecule has 2 rings (SSSR count). The van der Waals surface area contributed by atoms with E-state index in [2.05, 4.69) is 24.0 Å². The molecule has 86 valence electrons. The van der Waals surface area contributed by atoms with Crippen LogP contribution < -0.4 is 4.90 Å². The number of benzene rings is 1. The van der Waals surface area contributed by atoms with E-state index in [1.54, 1.807) is 6.92 Å². The Balaban J connectivity index is 2.32. The van der Waals surface area contributed by atoms with Crippen LogP contribution >= 0.6 is 0 Å². The van der Waals surface area contributed by atoms with Gasteiger partial charge in [0, 0.05) is 24.3 Å². The van der Waals surface area contributed by atoms with Gasteiger partial charge in [-0.15, -0.1) is 0 Å². The first-order valence-corrected chi connectivity index (χ1v) is 6.11. The van der Waals surface area contributed by atoms with Gasteiger partial charge in [-0.1, -0.05) is 6.92 Å². The Hall–Kier alpha value is -1.31. The Kier molecular flexibility index (Phi) is 3.28. The molecule has 1 aromatic carbocycles. The standard InChI is InChI=1S/C14H19NO/c1-3-8-15-9-4-5-13-10-12(11(2)16)6-7-14(13)15/h6-7,10H,3-5,8-9H2,1-2H3. The maximum Gasteiger partial charge on any atom is 0.159 e. The molecule has 0 bridgehead atoms. The summed E-state index contributed by atoms with van der Waals surface area (Å²) in [6.45, 7) is 6.11. The monoisotopic (exact) mass is 217 g/mol. The van der Waals surface area contributed by atoms with E-state index in [0.29, 0.717) is 0 Å². The van der Waals surface area contributed by atoms with Crippen LogP contribution in [0.3, 0.4) is 0 Å². The van der Waals surface area contributed by atoms with Gasteiger partial charge in [-0.3, -0.25) is 4.79 Å². The summed E-state index contributed by atoms with van der Waals surface area (Å²) in [5, 5.41) is 0. The van der Waals surface area contributed by atoms with Crippen LogP contribution in [0.4, 0.5) is 5.69 Å². The summed E-state index contributed by atoms with van der Waals surface area (Å²) in [6.07, 6.45) is 3.49. The van der Waals surface area contributed by atoms with Crippen LogP contribution in [0.1, 0.15) is 42.6 Å². The summed E-state index contributed by atoms with van der Waals surface area (Å²) in [5.41, 5.74) is 3.52. The van der Waals surface area contributed by atoms with Gasteiger partial charge in [-0.05, 0) is 49.9 Å². The molecule has 0 amide bonds. The van der Waals surface area contributed by atoms with Crippen LogP contribution in [0.5, 0.6) is 0 Å². The van der Waals surface area contributed by atoms with E-state index < -0.39 is 0 Å². The fraction of sp³-hybridized carbons (Fsp3) is 0.500. The molecule has 0 atom stereocenters. The molecule has 1 heterocycles. The minimum Gasteiger partial charge on any atom is -0.371 e. The van der Waals surface area contributed by atoms with Crippen LogP contribution in [0.2, 0.25) is 0 Å². The second kappa shape index (κ2) is 4.69. The molecule has 2 nitrogen and oxygen atoms in total. The van der Waals surface area contributed by atoms with Crippen molar-refractivity contribution in [2.45, 2.75) is 33.1 Å². The molecule has 1 aliphatic rings. The largest absolute Gasteiger partial charge is 0.371 e. The Labute approximate surface area is 97.3 Å². The quantitative estimate of drug-likeness (QED) is 0.725. The van der Waals surface area contributed by atoms with Crippen molar-refractivity contribution in [3.63, 3.8) is 0 Å². The average molecular weight is 217 g/mol. The lowest BCUT2D eigenvalue weighted by Gasteiger charge is -2.31. The van der Waals surface area contributed by atoms with E-state index in [4.69, 9.17) is 0 Å². The topological polar surface area (TPSA) is 20.3 Å². The highest BCUT2D eigenvalue weighted by Gasteiger charge is 2.16. The number of fused-ring (bicyclic) bond motifs is 1. The molecular formula is C14H19NO. The van der Waals surface area contributed by atoms with Gasteiger partial charge >= 0.3 is 0 Å². The molecule has 16 heavy (non-hydrogen) atoms. The number of nitrogens with zero attached hydrogens (tertiary/aromatic N) is 1. The lowest BCUT2D eigenvalue weighted by molar-refractivity contribution is 0.101. The molecule has 1 aliphatic heterocycles. The predicted molar refractivity (Wildman–Crippen MR) is 67.3 cm³/mol. The molecule has 0 saturated carbocycles. The number of ketones is 1. The van der Waals surface area contributed by atoms with Crippen LogP contribution in [0.25, 0.3) is 0 Å². The molecule has 0 spiro atoms. The normalized spacial score (nSPS) is 14.8. The molecule has 0 N–H and O–H groups in total. The molecule has 0 fully saturated rings. The van der Waals surface area contributed by atoms with E-state index in [1.165, 1.54) is 24.1 Å². The minimum atomic E-state index is 0.162. The van der Waals surface area contributed by atoms with Crippen molar-refractivity contribution in [3.8, 4) is 0 Å². The second-order valence-electron chi connectivity index (χ2n) is 4.49. The third kappa shape index (κ3) is 2.11. The van der Waals surface area contributed by atoms with Gasteiger partial charge in [0.05, 0.1) is 0 Å². The molecule has 1 aromatic rings. The summed E-state index contributed by atoms with van der Waals surface area (Å²) in [5.74, 6) is 0.162. The smallest absolute Gasteiger partial charge is 0.159 e. The fourth-order valence-electron chi connectivity index (χ4n) is 2.40. The van der Waals surface area contributed by atoms with Gasteiger partial charge in [0.1, 0.15) is 0 Å². The summed E-state index contributed by atoms with van der Waals surface area (Å²) >= 11 is 0. The fourth-order valence-corrected chi connectivity index (χ4v) is 2.40. The minimum absolute atomic E-state index is 0.162. The highest BCUT2D eigenvalue weighted by molar-refractivity contribution is 5.94. The Morgan fingerprint density at radius 1 is 1.44 bits per heavy atom. The number of hydrogen-bond acceptors (Lipinski definition) is 2. The predicted octanol–water partition coefficient (Wildman–Crippen LogP) is 3.05. The van der Waals surface area contributed by atoms with E-state index in [-0.39, 0.29) is 5.78 Å². The first kappa shape index (κ1) is 11.2. The lowest BCUT2D eigenvalue weighted by Crippen LogP contribution is -2.30. The highest BCUT2D eigenvalue weighted by atomic mass is 16.1. The number of Topliss-reactive ketones (excluding diaryl/α,β-unsaturated/α-hetero) is 1. The van der Waals surface area contributed by atoms with Crippen molar-refractivity contribution in [2.75, 3.05) is 18.0 Å². The van der Waals surface area contributed by atoms with Crippen molar-refractivity contribution in [1.29, 1.82) is 0 Å². The summed E-state index contributed by atoms with van der Waals surface area (Å²) in [7, 11) is 0. The highest BCUT2D eigenvalue weighted by Crippen LogP contribution is 2.28. The Bertz CT molecular complexity index is 398. The number of hydrogen-bond donors (Lipinski definition) is 0. The van der Waals surface area contributed by atoms with Gasteiger partial charge in [-0.25, -0.2) is 0 Å². The first-order valence-electron chi connectivity index (χ1n) is 6.11. The maximum absolute atomic E-state index is 11.3. The van der Waals surface area contributed by atoms with E-state index in [9.17, 15) is 4.79 Å². The van der Waals surface area contributed by atoms with Gasteiger partial charge < -0.3 is 4.90 Å². The van der Waals surface area contributed by atoms with Crippen molar-refractivity contribution in [1.82, 2.24) is 0 Å². The van der Waals surface area contributed by atoms with Gasteiger partial charge in [0.2, 0.25) is 0 Å². The second-order valence-corrected chi connectivity index (χ2v) is 4.49. The summed E-state index contributed by atoms with van der Waals surface area (Å²) in [6, 6.07) is 6.13. The van der Waals surface area contributed by atoms with E-state index >= 15 is 0 Å². The van der Waals surface area contributed by atoms with Gasteiger partial charge in [0.15, 0.2) is 5.78 Å². The van der Waals surface area contributed by atoms with Crippen LogP contribution in [-0.4, -0.2) is 18.9 Å². The van der Waals surface area contributed by atoms with Gasteiger partial charge in [-0.2, -0.15) is 0 Å². The third-order valence-corrected chi connectivity index (χ3v) is 3.19. The van der Waals surface area contributed by atoms with Gasteiger partial charge in [0.25, 0.3) is 0 Å². The zero-order valence-corrected chi connectivity index (χ0v) is 10.1. The van der Waals surface area contributed by atoms with Crippen LogP contribution in [0, 0.1) is 0 Å². The molecule has 0 aliphatic carbocycles. The number of rotatable bonds is 3. The zero-order chi connectivity index (χ0) is 11.5. The number of anilines is 1. The molecule has 0 aromatic heterocycles. The molecule has 0 unspecified atom stereocenters. The zero-order valence-electron chi connectivity index (χ0n) is 10.1. The maximum atomic E-state index is 11.3. The Morgan fingerprint density at radius 2 is 2.25 bits per heavy atom. The lowest BCUT2D eigenvalue weighted by atomic mass is 9.98.